The highest BCUT2D eigenvalue weighted by atomic mass is 28.4. The molecule has 2 rings (SSSR count). The Morgan fingerprint density at radius 3 is 1.34 bits per heavy atom. The van der Waals surface area contributed by atoms with E-state index in [9.17, 15) is 0 Å². The number of hydrogen-bond acceptors (Lipinski definition) is 1. The van der Waals surface area contributed by atoms with Gasteiger partial charge in [-0.3, -0.25) is 0 Å². The summed E-state index contributed by atoms with van der Waals surface area (Å²) in [5, 5.41) is 0. The van der Waals surface area contributed by atoms with Crippen LogP contribution in [-0.2, 0) is 17.0 Å². The van der Waals surface area contributed by atoms with Gasteiger partial charge in [0.2, 0.25) is 0 Å². The monoisotopic (exact) mass is 706 g/mol. The van der Waals surface area contributed by atoms with Crippen molar-refractivity contribution >= 4 is 34.2 Å². The molecule has 0 aromatic heterocycles. The zero-order chi connectivity index (χ0) is 34.7. The summed E-state index contributed by atoms with van der Waals surface area (Å²) in [7, 11) is -4.65. The molecule has 2 atom stereocenters. The van der Waals surface area contributed by atoms with E-state index >= 15 is 0 Å². The topological polar surface area (TPSA) is 9.23 Å². The van der Waals surface area contributed by atoms with Crippen molar-refractivity contribution in [3.8, 4) is 0 Å². The Hall–Kier alpha value is -1.25. The Bertz CT molecular complexity index is 1070. The van der Waals surface area contributed by atoms with Gasteiger partial charge in [-0.2, -0.15) is 0 Å². The molecule has 0 aliphatic rings. The SMILES string of the molecule is C=CCc1cccc(C(CCCCCCC[Si](C)(CCCCCCCC(c2cccc(CC=C)c2)[SiH](C)C)O[Si](C)(C)C)[SiH](C)C)c1. The van der Waals surface area contributed by atoms with Crippen molar-refractivity contribution in [3.05, 3.63) is 96.1 Å². The maximum Gasteiger partial charge on any atom is 0.176 e. The van der Waals surface area contributed by atoms with Gasteiger partial charge in [-0.1, -0.05) is 151 Å². The van der Waals surface area contributed by atoms with Crippen LogP contribution in [0.5, 0.6) is 0 Å². The quantitative estimate of drug-likeness (QED) is 0.0537. The molecule has 0 saturated carbocycles. The highest BCUT2D eigenvalue weighted by Crippen LogP contribution is 2.31. The molecule has 0 fully saturated rings. The maximum atomic E-state index is 7.02. The van der Waals surface area contributed by atoms with Crippen molar-refractivity contribution in [1.82, 2.24) is 0 Å². The van der Waals surface area contributed by atoms with Crippen molar-refractivity contribution < 1.29 is 4.12 Å². The summed E-state index contributed by atoms with van der Waals surface area (Å²) in [6, 6.07) is 21.4. The van der Waals surface area contributed by atoms with Gasteiger partial charge in [0.1, 0.15) is 0 Å². The molecule has 0 aliphatic carbocycles. The van der Waals surface area contributed by atoms with E-state index in [1.54, 1.807) is 11.1 Å². The first-order valence-corrected chi connectivity index (χ1v) is 31.7. The van der Waals surface area contributed by atoms with Crippen LogP contribution in [0.3, 0.4) is 0 Å². The molecular formula is C42H74OSi4. The fourth-order valence-electron chi connectivity index (χ4n) is 7.76. The Balaban J connectivity index is 1.72. The minimum absolute atomic E-state index is 0.743. The van der Waals surface area contributed by atoms with E-state index in [0.29, 0.717) is 0 Å². The van der Waals surface area contributed by atoms with Gasteiger partial charge in [0.05, 0.1) is 0 Å². The van der Waals surface area contributed by atoms with Crippen LogP contribution in [0.25, 0.3) is 0 Å². The van der Waals surface area contributed by atoms with Gasteiger partial charge in [0.25, 0.3) is 0 Å². The van der Waals surface area contributed by atoms with Crippen LogP contribution in [0, 0.1) is 0 Å². The lowest BCUT2D eigenvalue weighted by molar-refractivity contribution is 0.514. The third kappa shape index (κ3) is 17.3. The largest absolute Gasteiger partial charge is 0.456 e. The maximum absolute atomic E-state index is 7.02. The second kappa shape index (κ2) is 22.5. The van der Waals surface area contributed by atoms with E-state index < -0.39 is 34.2 Å². The van der Waals surface area contributed by atoms with Gasteiger partial charge in [0, 0.05) is 17.6 Å². The predicted molar refractivity (Wildman–Crippen MR) is 225 cm³/mol. The van der Waals surface area contributed by atoms with Crippen LogP contribution in [0.15, 0.2) is 73.8 Å². The molecule has 2 aromatic rings. The van der Waals surface area contributed by atoms with Crippen molar-refractivity contribution in [2.24, 2.45) is 0 Å². The van der Waals surface area contributed by atoms with E-state index in [4.69, 9.17) is 4.12 Å². The van der Waals surface area contributed by atoms with E-state index in [-0.39, 0.29) is 0 Å². The fourth-order valence-corrected chi connectivity index (χ4v) is 20.5. The molecule has 47 heavy (non-hydrogen) atoms. The second-order valence-electron chi connectivity index (χ2n) is 16.5. The van der Waals surface area contributed by atoms with Crippen LogP contribution in [0.2, 0.25) is 64.5 Å². The van der Waals surface area contributed by atoms with Crippen LogP contribution in [-0.4, -0.2) is 34.2 Å². The second-order valence-corrected chi connectivity index (χ2v) is 32.0. The summed E-state index contributed by atoms with van der Waals surface area (Å²) in [6.45, 7) is 27.8. The zero-order valence-electron chi connectivity index (χ0n) is 32.2. The molecule has 0 radical (unpaired) electrons. The average molecular weight is 707 g/mol. The number of benzene rings is 2. The zero-order valence-corrected chi connectivity index (χ0v) is 36.5. The Kier molecular flexibility index (Phi) is 20.0. The first kappa shape index (κ1) is 41.9. The van der Waals surface area contributed by atoms with E-state index in [1.807, 2.05) is 12.2 Å². The molecule has 1 nitrogen and oxygen atoms in total. The van der Waals surface area contributed by atoms with Crippen LogP contribution in [0.1, 0.15) is 110 Å². The Labute approximate surface area is 298 Å². The van der Waals surface area contributed by atoms with Crippen molar-refractivity contribution in [2.75, 3.05) is 0 Å². The summed E-state index contributed by atoms with van der Waals surface area (Å²) < 4.78 is 7.02. The molecule has 5 heteroatoms. The molecule has 264 valence electrons. The van der Waals surface area contributed by atoms with Gasteiger partial charge in [-0.15, -0.1) is 13.2 Å². The van der Waals surface area contributed by atoms with E-state index in [2.05, 4.69) is 114 Å². The minimum Gasteiger partial charge on any atom is -0.456 e. The first-order chi connectivity index (χ1) is 22.4. The standard InChI is InChI=1S/C42H74OSi4/c1-11-25-37-27-23-29-39(35-37)41(44(3)4)31-19-15-13-17-21-33-47(10,43-46(7,8)9)34-22-18-14-16-20-32-42(45(5)6)40-30-24-28-38(36-40)26-12-2/h11-12,23-24,27-30,35-36,41-42,44-45H,1-2,13-22,25-26,31-34H2,3-10H3. The third-order valence-corrected chi connectivity index (χ3v) is 22.0. The number of rotatable bonds is 26. The molecule has 0 amide bonds. The summed E-state index contributed by atoms with van der Waals surface area (Å²) in [5.41, 5.74) is 7.62. The number of hydrogen-bond donors (Lipinski definition) is 0. The van der Waals surface area contributed by atoms with E-state index in [1.165, 1.54) is 100 Å². The number of allylic oxidation sites excluding steroid dienone is 2. The van der Waals surface area contributed by atoms with E-state index in [0.717, 1.165) is 23.9 Å². The van der Waals surface area contributed by atoms with Crippen molar-refractivity contribution in [1.29, 1.82) is 0 Å². The molecule has 2 aromatic carbocycles. The highest BCUT2D eigenvalue weighted by molar-refractivity contribution is 6.84. The molecular weight excluding hydrogens is 633 g/mol. The van der Waals surface area contributed by atoms with Gasteiger partial charge < -0.3 is 4.12 Å². The minimum atomic E-state index is -1.64. The smallest absolute Gasteiger partial charge is 0.176 e. The van der Waals surface area contributed by atoms with Crippen molar-refractivity contribution in [2.45, 2.75) is 165 Å². The Morgan fingerprint density at radius 1 is 0.596 bits per heavy atom. The van der Waals surface area contributed by atoms with Gasteiger partial charge in [0.15, 0.2) is 16.6 Å². The third-order valence-electron chi connectivity index (χ3n) is 10.1. The lowest BCUT2D eigenvalue weighted by Gasteiger charge is -2.35. The number of unbranched alkanes of at least 4 members (excludes halogenated alkanes) is 8. The van der Waals surface area contributed by atoms with Crippen LogP contribution < -0.4 is 0 Å². The molecule has 2 unspecified atom stereocenters. The van der Waals surface area contributed by atoms with Gasteiger partial charge in [-0.25, -0.2) is 0 Å². The molecule has 0 heterocycles. The molecule has 0 bridgehead atoms. The normalized spacial score (nSPS) is 14.7. The summed E-state index contributed by atoms with van der Waals surface area (Å²) in [6.07, 6.45) is 22.6. The lowest BCUT2D eigenvalue weighted by Crippen LogP contribution is -2.44. The summed E-state index contributed by atoms with van der Waals surface area (Å²) >= 11 is 0. The summed E-state index contributed by atoms with van der Waals surface area (Å²) in [4.78, 5) is 0. The molecule has 0 spiro atoms. The Morgan fingerprint density at radius 2 is 0.979 bits per heavy atom. The van der Waals surface area contributed by atoms with Crippen LogP contribution >= 0.6 is 0 Å². The lowest BCUT2D eigenvalue weighted by atomic mass is 10.0. The fraction of sp³-hybridized carbons (Fsp3) is 0.619. The first-order valence-electron chi connectivity index (χ1n) is 19.5. The van der Waals surface area contributed by atoms with Gasteiger partial charge >= 0.3 is 0 Å². The average Bonchev–Trinajstić information content (AvgIpc) is 2.99. The summed E-state index contributed by atoms with van der Waals surface area (Å²) in [5.74, 6) is 0. The van der Waals surface area contributed by atoms with Crippen molar-refractivity contribution in [3.63, 3.8) is 0 Å². The molecule has 0 N–H and O–H groups in total. The molecule has 0 saturated heterocycles. The van der Waals surface area contributed by atoms with Gasteiger partial charge in [-0.05, 0) is 97.3 Å². The highest BCUT2D eigenvalue weighted by Gasteiger charge is 2.33. The van der Waals surface area contributed by atoms with Crippen LogP contribution in [0.4, 0.5) is 0 Å². The molecule has 0 aliphatic heterocycles. The predicted octanol–water partition coefficient (Wildman–Crippen LogP) is 13.2.